The van der Waals surface area contributed by atoms with Crippen LogP contribution >= 0.6 is 0 Å². The summed E-state index contributed by atoms with van der Waals surface area (Å²) in [4.78, 5) is 0. The third-order valence-corrected chi connectivity index (χ3v) is 4.87. The lowest BCUT2D eigenvalue weighted by molar-refractivity contribution is 0.125. The highest BCUT2D eigenvalue weighted by molar-refractivity contribution is 5.23. The van der Waals surface area contributed by atoms with Gasteiger partial charge in [0.05, 0.1) is 6.10 Å². The van der Waals surface area contributed by atoms with Crippen LogP contribution < -0.4 is 0 Å². The molecule has 0 spiro atoms. The maximum absolute atomic E-state index is 10.3. The molecule has 2 saturated carbocycles. The third kappa shape index (κ3) is 2.26. The topological polar surface area (TPSA) is 20.2 Å². The van der Waals surface area contributed by atoms with Crippen molar-refractivity contribution >= 4 is 0 Å². The van der Waals surface area contributed by atoms with E-state index in [9.17, 15) is 5.11 Å². The van der Waals surface area contributed by atoms with Crippen LogP contribution in [0.25, 0.3) is 0 Å². The summed E-state index contributed by atoms with van der Waals surface area (Å²) in [5.74, 6) is 2.68. The molecule has 2 bridgehead atoms. The molecule has 3 rings (SSSR count). The molecular weight excluding hydrogens is 208 g/mol. The fourth-order valence-corrected chi connectivity index (χ4v) is 3.88. The van der Waals surface area contributed by atoms with Crippen molar-refractivity contribution in [2.75, 3.05) is 0 Å². The molecule has 1 nitrogen and oxygen atoms in total. The number of benzene rings is 1. The van der Waals surface area contributed by atoms with E-state index in [-0.39, 0.29) is 6.10 Å². The number of fused-ring (bicyclic) bond motifs is 2. The van der Waals surface area contributed by atoms with Crippen molar-refractivity contribution in [3.63, 3.8) is 0 Å². The summed E-state index contributed by atoms with van der Waals surface area (Å²) in [5, 5.41) is 10.3. The van der Waals surface area contributed by atoms with Crippen molar-refractivity contribution in [1.29, 1.82) is 0 Å². The Balaban J connectivity index is 1.63. The zero-order valence-corrected chi connectivity index (χ0v) is 10.6. The molecule has 0 aliphatic heterocycles. The highest BCUT2D eigenvalue weighted by Crippen LogP contribution is 2.50. The van der Waals surface area contributed by atoms with Crippen LogP contribution in [-0.2, 0) is 0 Å². The van der Waals surface area contributed by atoms with E-state index in [1.807, 2.05) is 0 Å². The lowest BCUT2D eigenvalue weighted by Gasteiger charge is -2.24. The van der Waals surface area contributed by atoms with Crippen molar-refractivity contribution < 1.29 is 5.11 Å². The predicted molar refractivity (Wildman–Crippen MR) is 69.7 cm³/mol. The van der Waals surface area contributed by atoms with E-state index in [2.05, 4.69) is 31.2 Å². The molecule has 2 aliphatic carbocycles. The van der Waals surface area contributed by atoms with Crippen molar-refractivity contribution in [2.24, 2.45) is 17.8 Å². The first kappa shape index (κ1) is 11.3. The molecule has 1 aromatic rings. The van der Waals surface area contributed by atoms with Crippen molar-refractivity contribution in [3.8, 4) is 0 Å². The normalized spacial score (nSPS) is 32.9. The predicted octanol–water partition coefficient (Wildman–Crippen LogP) is 3.85. The molecule has 0 heterocycles. The van der Waals surface area contributed by atoms with Gasteiger partial charge < -0.3 is 5.11 Å². The van der Waals surface area contributed by atoms with Gasteiger partial charge in [-0.15, -0.1) is 0 Å². The molecule has 0 aromatic heterocycles. The maximum atomic E-state index is 10.3. The first-order valence-corrected chi connectivity index (χ1v) is 6.97. The van der Waals surface area contributed by atoms with E-state index in [1.54, 1.807) is 0 Å². The van der Waals surface area contributed by atoms with Gasteiger partial charge in [-0.1, -0.05) is 36.2 Å². The Labute approximate surface area is 104 Å². The van der Waals surface area contributed by atoms with Gasteiger partial charge in [0.15, 0.2) is 0 Å². The van der Waals surface area contributed by atoms with Crippen LogP contribution in [0.4, 0.5) is 0 Å². The Morgan fingerprint density at radius 2 is 1.94 bits per heavy atom. The van der Waals surface area contributed by atoms with E-state index in [1.165, 1.54) is 31.2 Å². The van der Waals surface area contributed by atoms with E-state index in [0.717, 1.165) is 29.7 Å². The standard InChI is InChI=1S/C16H22O/c1-11-2-5-13(6-3-11)16(17)10-15-9-12-4-7-14(15)8-12/h2-3,5-6,12,14-17H,4,7-10H2,1H3. The molecule has 1 aromatic carbocycles. The molecular formula is C16H22O. The van der Waals surface area contributed by atoms with E-state index in [4.69, 9.17) is 0 Å². The number of hydrogen-bond acceptors (Lipinski definition) is 1. The van der Waals surface area contributed by atoms with Crippen LogP contribution in [0.5, 0.6) is 0 Å². The Kier molecular flexibility index (Phi) is 2.96. The second-order valence-corrected chi connectivity index (χ2v) is 6.10. The molecule has 92 valence electrons. The number of aryl methyl sites for hydroxylation is 1. The number of aliphatic hydroxyl groups excluding tert-OH is 1. The van der Waals surface area contributed by atoms with Gasteiger partial charge in [0.2, 0.25) is 0 Å². The van der Waals surface area contributed by atoms with Gasteiger partial charge in [0.25, 0.3) is 0 Å². The number of hydrogen-bond donors (Lipinski definition) is 1. The quantitative estimate of drug-likeness (QED) is 0.836. The van der Waals surface area contributed by atoms with Gasteiger partial charge in [-0.05, 0) is 55.9 Å². The minimum atomic E-state index is -0.250. The molecule has 2 fully saturated rings. The summed E-state index contributed by atoms with van der Waals surface area (Å²) < 4.78 is 0. The average molecular weight is 230 g/mol. The Bertz CT molecular complexity index is 381. The lowest BCUT2D eigenvalue weighted by atomic mass is 9.83. The summed E-state index contributed by atoms with van der Waals surface area (Å²) >= 11 is 0. The molecule has 2 aliphatic rings. The Hall–Kier alpha value is -0.820. The third-order valence-electron chi connectivity index (χ3n) is 4.87. The zero-order chi connectivity index (χ0) is 11.8. The summed E-state index contributed by atoms with van der Waals surface area (Å²) in [5.41, 5.74) is 2.36. The van der Waals surface area contributed by atoms with Crippen LogP contribution in [0.2, 0.25) is 0 Å². The lowest BCUT2D eigenvalue weighted by Crippen LogP contribution is -2.14. The molecule has 0 amide bonds. The van der Waals surface area contributed by atoms with Crippen LogP contribution in [-0.4, -0.2) is 5.11 Å². The molecule has 4 atom stereocenters. The summed E-state index contributed by atoms with van der Waals surface area (Å²) in [6.07, 6.45) is 6.39. The van der Waals surface area contributed by atoms with Gasteiger partial charge in [-0.3, -0.25) is 0 Å². The smallest absolute Gasteiger partial charge is 0.0792 e. The van der Waals surface area contributed by atoms with E-state index in [0.29, 0.717) is 0 Å². The molecule has 1 heteroatoms. The zero-order valence-electron chi connectivity index (χ0n) is 10.6. The van der Waals surface area contributed by atoms with E-state index < -0.39 is 0 Å². The fraction of sp³-hybridized carbons (Fsp3) is 0.625. The SMILES string of the molecule is Cc1ccc(C(O)CC2CC3CCC2C3)cc1. The molecule has 1 N–H and O–H groups in total. The summed E-state index contributed by atoms with van der Waals surface area (Å²) in [6, 6.07) is 8.35. The van der Waals surface area contributed by atoms with Crippen LogP contribution in [0.1, 0.15) is 49.3 Å². The highest BCUT2D eigenvalue weighted by atomic mass is 16.3. The number of aliphatic hydroxyl groups is 1. The van der Waals surface area contributed by atoms with Crippen LogP contribution in [0, 0.1) is 24.7 Å². The Morgan fingerprint density at radius 1 is 1.18 bits per heavy atom. The average Bonchev–Trinajstić information content (AvgIpc) is 2.91. The maximum Gasteiger partial charge on any atom is 0.0792 e. The van der Waals surface area contributed by atoms with E-state index >= 15 is 0 Å². The van der Waals surface area contributed by atoms with Crippen molar-refractivity contribution in [3.05, 3.63) is 35.4 Å². The fourth-order valence-electron chi connectivity index (χ4n) is 3.88. The van der Waals surface area contributed by atoms with Gasteiger partial charge in [-0.2, -0.15) is 0 Å². The van der Waals surface area contributed by atoms with Gasteiger partial charge in [-0.25, -0.2) is 0 Å². The summed E-state index contributed by atoms with van der Waals surface area (Å²) in [7, 11) is 0. The first-order chi connectivity index (χ1) is 8.22. The van der Waals surface area contributed by atoms with Crippen LogP contribution in [0.15, 0.2) is 24.3 Å². The van der Waals surface area contributed by atoms with Gasteiger partial charge >= 0.3 is 0 Å². The molecule has 4 unspecified atom stereocenters. The van der Waals surface area contributed by atoms with Gasteiger partial charge in [0, 0.05) is 0 Å². The van der Waals surface area contributed by atoms with Crippen molar-refractivity contribution in [1.82, 2.24) is 0 Å². The first-order valence-electron chi connectivity index (χ1n) is 6.97. The van der Waals surface area contributed by atoms with Crippen LogP contribution in [0.3, 0.4) is 0 Å². The molecule has 0 saturated heterocycles. The minimum absolute atomic E-state index is 0.250. The minimum Gasteiger partial charge on any atom is -0.388 e. The monoisotopic (exact) mass is 230 g/mol. The highest BCUT2D eigenvalue weighted by Gasteiger charge is 2.39. The summed E-state index contributed by atoms with van der Waals surface area (Å²) in [6.45, 7) is 2.09. The van der Waals surface area contributed by atoms with Crippen molar-refractivity contribution in [2.45, 2.75) is 45.1 Å². The number of rotatable bonds is 3. The molecule has 0 radical (unpaired) electrons. The largest absolute Gasteiger partial charge is 0.388 e. The molecule has 17 heavy (non-hydrogen) atoms. The second kappa shape index (κ2) is 4.45. The second-order valence-electron chi connectivity index (χ2n) is 6.10. The Morgan fingerprint density at radius 3 is 2.53 bits per heavy atom. The van der Waals surface area contributed by atoms with Gasteiger partial charge in [0.1, 0.15) is 0 Å².